The largest absolute Gasteiger partial charge is 0.366 e. The number of benzene rings is 1. The Morgan fingerprint density at radius 2 is 1.88 bits per heavy atom. The molecule has 0 N–H and O–H groups in total. The van der Waals surface area contributed by atoms with Gasteiger partial charge in [0, 0.05) is 39.8 Å². The number of fused-ring (bicyclic) bond motifs is 1. The Hall–Kier alpha value is -2.08. The normalized spacial score (nSPS) is 17.6. The molecule has 1 fully saturated rings. The van der Waals surface area contributed by atoms with Gasteiger partial charge in [-0.2, -0.15) is 0 Å². The van der Waals surface area contributed by atoms with Crippen LogP contribution in [-0.4, -0.2) is 50.6 Å². The zero-order valence-electron chi connectivity index (χ0n) is 14.4. The average Bonchev–Trinajstić information content (AvgIpc) is 3.07. The Labute approximate surface area is 151 Å². The van der Waals surface area contributed by atoms with Crippen LogP contribution < -0.4 is 9.80 Å². The minimum atomic E-state index is -0.198. The first-order valence-corrected chi connectivity index (χ1v) is 9.58. The summed E-state index contributed by atoms with van der Waals surface area (Å²) in [5.41, 5.74) is 1.93. The van der Waals surface area contributed by atoms with Crippen LogP contribution in [0.1, 0.15) is 21.7 Å². The van der Waals surface area contributed by atoms with Crippen LogP contribution >= 0.6 is 11.3 Å². The molecule has 0 spiro atoms. The molecular formula is C19H22FN3OS. The summed E-state index contributed by atoms with van der Waals surface area (Å²) in [6, 6.07) is 8.91. The van der Waals surface area contributed by atoms with E-state index in [2.05, 4.69) is 18.0 Å². The monoisotopic (exact) mass is 359 g/mol. The average molecular weight is 359 g/mol. The maximum Gasteiger partial charge on any atom is 0.264 e. The summed E-state index contributed by atoms with van der Waals surface area (Å²) in [5.74, 6) is -0.0859. The molecule has 0 aliphatic carbocycles. The Kier molecular flexibility index (Phi) is 4.37. The quantitative estimate of drug-likeness (QED) is 0.824. The van der Waals surface area contributed by atoms with Gasteiger partial charge in [-0.15, -0.1) is 11.3 Å². The van der Waals surface area contributed by atoms with E-state index in [0.29, 0.717) is 31.9 Å². The van der Waals surface area contributed by atoms with Crippen LogP contribution in [0.4, 0.5) is 15.1 Å². The second-order valence-corrected chi connectivity index (χ2v) is 7.73. The fourth-order valence-corrected chi connectivity index (χ4v) is 4.81. The number of piperazine rings is 1. The summed E-state index contributed by atoms with van der Waals surface area (Å²) in [4.78, 5) is 19.9. The second kappa shape index (κ2) is 6.67. The van der Waals surface area contributed by atoms with Gasteiger partial charge in [0.1, 0.15) is 5.82 Å². The topological polar surface area (TPSA) is 26.8 Å². The summed E-state index contributed by atoms with van der Waals surface area (Å²) in [7, 11) is 2.09. The molecular weight excluding hydrogens is 337 g/mol. The summed E-state index contributed by atoms with van der Waals surface area (Å²) in [6.07, 6.45) is 2.21. The van der Waals surface area contributed by atoms with Crippen LogP contribution in [0.2, 0.25) is 0 Å². The highest BCUT2D eigenvalue weighted by Gasteiger charge is 2.26. The van der Waals surface area contributed by atoms with Crippen molar-refractivity contribution in [3.63, 3.8) is 0 Å². The molecule has 4 rings (SSSR count). The van der Waals surface area contributed by atoms with E-state index in [9.17, 15) is 9.18 Å². The molecule has 25 heavy (non-hydrogen) atoms. The van der Waals surface area contributed by atoms with Crippen molar-refractivity contribution < 1.29 is 9.18 Å². The van der Waals surface area contributed by atoms with Gasteiger partial charge in [0.2, 0.25) is 0 Å². The van der Waals surface area contributed by atoms with E-state index in [0.717, 1.165) is 24.3 Å². The van der Waals surface area contributed by atoms with Gasteiger partial charge >= 0.3 is 0 Å². The zero-order chi connectivity index (χ0) is 17.4. The molecule has 1 saturated heterocycles. The van der Waals surface area contributed by atoms with Gasteiger partial charge in [0.25, 0.3) is 5.91 Å². The summed E-state index contributed by atoms with van der Waals surface area (Å²) in [6.45, 7) is 3.65. The van der Waals surface area contributed by atoms with E-state index in [1.54, 1.807) is 23.5 Å². The predicted octanol–water partition coefficient (Wildman–Crippen LogP) is 3.23. The number of nitrogens with zero attached hydrogens (tertiary/aromatic N) is 3. The summed E-state index contributed by atoms with van der Waals surface area (Å²) < 4.78 is 13.9. The molecule has 1 amide bonds. The Morgan fingerprint density at radius 3 is 2.60 bits per heavy atom. The second-order valence-electron chi connectivity index (χ2n) is 6.70. The number of amides is 1. The molecule has 2 aliphatic rings. The van der Waals surface area contributed by atoms with Gasteiger partial charge in [0.05, 0.1) is 15.6 Å². The van der Waals surface area contributed by atoms with E-state index in [4.69, 9.17) is 0 Å². The third kappa shape index (κ3) is 3.11. The van der Waals surface area contributed by atoms with Gasteiger partial charge in [-0.3, -0.25) is 4.79 Å². The first-order chi connectivity index (χ1) is 12.1. The Bertz CT molecular complexity index is 783. The highest BCUT2D eigenvalue weighted by atomic mass is 32.1. The molecule has 1 aromatic heterocycles. The molecule has 0 radical (unpaired) electrons. The summed E-state index contributed by atoms with van der Waals surface area (Å²) in [5, 5.41) is 1.24. The van der Waals surface area contributed by atoms with Crippen molar-refractivity contribution in [1.29, 1.82) is 0 Å². The SMILES string of the molecule is CN1CCCc2cc(C(=O)N3CCN(c4ccccc4F)CC3)sc21. The molecule has 0 unspecified atom stereocenters. The Balaban J connectivity index is 1.44. The molecule has 4 nitrogen and oxygen atoms in total. The van der Waals surface area contributed by atoms with Crippen LogP contribution in [0, 0.1) is 5.82 Å². The van der Waals surface area contributed by atoms with Crippen LogP contribution in [0.3, 0.4) is 0 Å². The number of halogens is 1. The first kappa shape index (κ1) is 16.4. The van der Waals surface area contributed by atoms with E-state index in [1.165, 1.54) is 16.6 Å². The van der Waals surface area contributed by atoms with Crippen molar-refractivity contribution in [2.24, 2.45) is 0 Å². The predicted molar refractivity (Wildman–Crippen MR) is 100 cm³/mol. The number of para-hydroxylation sites is 1. The molecule has 3 heterocycles. The van der Waals surface area contributed by atoms with Crippen LogP contribution in [0.5, 0.6) is 0 Å². The molecule has 0 saturated carbocycles. The van der Waals surface area contributed by atoms with Crippen molar-refractivity contribution in [2.45, 2.75) is 12.8 Å². The lowest BCUT2D eigenvalue weighted by Crippen LogP contribution is -2.48. The van der Waals surface area contributed by atoms with Gasteiger partial charge in [-0.1, -0.05) is 12.1 Å². The number of anilines is 2. The molecule has 0 bridgehead atoms. The van der Waals surface area contributed by atoms with Crippen molar-refractivity contribution in [3.05, 3.63) is 46.6 Å². The maximum atomic E-state index is 13.9. The van der Waals surface area contributed by atoms with Crippen LogP contribution in [-0.2, 0) is 6.42 Å². The third-order valence-electron chi connectivity index (χ3n) is 5.04. The van der Waals surface area contributed by atoms with Crippen LogP contribution in [0.15, 0.2) is 30.3 Å². The van der Waals surface area contributed by atoms with Gasteiger partial charge in [-0.05, 0) is 36.6 Å². The fourth-order valence-electron chi connectivity index (χ4n) is 3.65. The molecule has 1 aromatic carbocycles. The lowest BCUT2D eigenvalue weighted by Gasteiger charge is -2.36. The van der Waals surface area contributed by atoms with E-state index >= 15 is 0 Å². The van der Waals surface area contributed by atoms with Gasteiger partial charge in [-0.25, -0.2) is 4.39 Å². The molecule has 0 atom stereocenters. The minimum Gasteiger partial charge on any atom is -0.366 e. The van der Waals surface area contributed by atoms with Gasteiger partial charge < -0.3 is 14.7 Å². The molecule has 2 aromatic rings. The molecule has 132 valence electrons. The number of thiophene rings is 1. The van der Waals surface area contributed by atoms with Crippen molar-refractivity contribution in [1.82, 2.24) is 4.90 Å². The zero-order valence-corrected chi connectivity index (χ0v) is 15.2. The maximum absolute atomic E-state index is 13.9. The Morgan fingerprint density at radius 1 is 1.12 bits per heavy atom. The van der Waals surface area contributed by atoms with Crippen molar-refractivity contribution in [2.75, 3.05) is 49.6 Å². The minimum absolute atomic E-state index is 0.112. The number of carbonyl (C=O) groups is 1. The molecule has 2 aliphatic heterocycles. The number of carbonyl (C=O) groups excluding carboxylic acids is 1. The van der Waals surface area contributed by atoms with E-state index in [1.807, 2.05) is 15.9 Å². The highest BCUT2D eigenvalue weighted by Crippen LogP contribution is 2.35. The lowest BCUT2D eigenvalue weighted by molar-refractivity contribution is 0.0751. The number of hydrogen-bond donors (Lipinski definition) is 0. The third-order valence-corrected chi connectivity index (χ3v) is 6.32. The van der Waals surface area contributed by atoms with Crippen LogP contribution in [0.25, 0.3) is 0 Å². The standard InChI is InChI=1S/C19H22FN3OS/c1-21-8-4-5-14-13-17(25-19(14)21)18(24)23-11-9-22(10-12-23)16-7-3-2-6-15(16)20/h2-3,6-7,13H,4-5,8-12H2,1H3. The molecule has 6 heteroatoms. The van der Waals surface area contributed by atoms with E-state index in [-0.39, 0.29) is 11.7 Å². The van der Waals surface area contributed by atoms with Gasteiger partial charge in [0.15, 0.2) is 0 Å². The highest BCUT2D eigenvalue weighted by molar-refractivity contribution is 7.18. The number of rotatable bonds is 2. The lowest BCUT2D eigenvalue weighted by atomic mass is 10.1. The van der Waals surface area contributed by atoms with Crippen molar-refractivity contribution >= 4 is 27.9 Å². The smallest absolute Gasteiger partial charge is 0.264 e. The number of aryl methyl sites for hydroxylation is 1. The van der Waals surface area contributed by atoms with E-state index < -0.39 is 0 Å². The first-order valence-electron chi connectivity index (χ1n) is 8.76. The fraction of sp³-hybridized carbons (Fsp3) is 0.421. The summed E-state index contributed by atoms with van der Waals surface area (Å²) >= 11 is 1.61. The van der Waals surface area contributed by atoms with Crippen molar-refractivity contribution in [3.8, 4) is 0 Å². The number of hydrogen-bond acceptors (Lipinski definition) is 4.